The van der Waals surface area contributed by atoms with Gasteiger partial charge in [-0.05, 0) is 56.9 Å². The molecule has 8 nitrogen and oxygen atoms in total. The summed E-state index contributed by atoms with van der Waals surface area (Å²) in [5, 5.41) is 8.16. The molecule has 2 aromatic rings. The molecule has 0 aliphatic heterocycles. The van der Waals surface area contributed by atoms with Gasteiger partial charge in [-0.25, -0.2) is 0 Å². The third kappa shape index (κ3) is 9.17. The number of amides is 3. The number of ketones is 1. The van der Waals surface area contributed by atoms with Gasteiger partial charge in [0.1, 0.15) is 17.8 Å². The van der Waals surface area contributed by atoms with E-state index in [0.717, 1.165) is 5.56 Å². The maximum absolute atomic E-state index is 13.3. The van der Waals surface area contributed by atoms with Crippen molar-refractivity contribution in [1.29, 1.82) is 0 Å². The highest BCUT2D eigenvalue weighted by atomic mass is 16.5. The molecule has 8 heteroatoms. The second kappa shape index (κ2) is 12.9. The summed E-state index contributed by atoms with van der Waals surface area (Å²) in [7, 11) is 1.51. The average molecular weight is 496 g/mol. The molecule has 0 aliphatic carbocycles. The number of carbonyl (C=O) groups excluding carboxylic acids is 4. The van der Waals surface area contributed by atoms with Gasteiger partial charge in [-0.1, -0.05) is 50.2 Å². The van der Waals surface area contributed by atoms with Crippen molar-refractivity contribution < 1.29 is 23.9 Å². The molecule has 2 unspecified atom stereocenters. The van der Waals surface area contributed by atoms with Crippen molar-refractivity contribution in [3.63, 3.8) is 0 Å². The van der Waals surface area contributed by atoms with Crippen LogP contribution in [0.4, 0.5) is 0 Å². The monoisotopic (exact) mass is 495 g/mol. The maximum Gasteiger partial charge on any atom is 0.290 e. The lowest BCUT2D eigenvalue weighted by Gasteiger charge is -2.25. The zero-order valence-electron chi connectivity index (χ0n) is 21.9. The predicted molar refractivity (Wildman–Crippen MR) is 139 cm³/mol. The van der Waals surface area contributed by atoms with Crippen LogP contribution in [-0.4, -0.2) is 48.2 Å². The Morgan fingerprint density at radius 1 is 0.889 bits per heavy atom. The molecule has 0 bridgehead atoms. The van der Waals surface area contributed by atoms with Crippen LogP contribution in [0.3, 0.4) is 0 Å². The van der Waals surface area contributed by atoms with E-state index in [9.17, 15) is 19.2 Å². The second-order valence-corrected chi connectivity index (χ2v) is 10.2. The van der Waals surface area contributed by atoms with E-state index < -0.39 is 41.1 Å². The molecule has 0 aliphatic rings. The molecule has 0 aromatic heterocycles. The van der Waals surface area contributed by atoms with Crippen LogP contribution < -0.4 is 20.7 Å². The number of Topliss-reactive ketones (excluding diaryl/α,β-unsaturated/α-hetero) is 1. The number of hydrogen-bond donors (Lipinski definition) is 3. The van der Waals surface area contributed by atoms with E-state index in [2.05, 4.69) is 16.0 Å². The third-order valence-electron chi connectivity index (χ3n) is 5.29. The van der Waals surface area contributed by atoms with Gasteiger partial charge in [0.15, 0.2) is 0 Å². The quantitative estimate of drug-likeness (QED) is 0.415. The van der Waals surface area contributed by atoms with Crippen molar-refractivity contribution in [2.24, 2.45) is 5.92 Å². The van der Waals surface area contributed by atoms with Gasteiger partial charge in [-0.2, -0.15) is 0 Å². The van der Waals surface area contributed by atoms with Gasteiger partial charge in [0.25, 0.3) is 11.8 Å². The molecule has 3 N–H and O–H groups in total. The van der Waals surface area contributed by atoms with Gasteiger partial charge < -0.3 is 20.7 Å². The first-order valence-corrected chi connectivity index (χ1v) is 12.0. The standard InChI is InChI=1S/C28H37N3O5/c1-18(2)15-23(30-25(33)20-13-10-14-21(17-20)36-6)26(34)29-22(16-19-11-8-7-9-12-19)24(32)27(35)31-28(3,4)5/h7-14,17-18,22-23H,15-16H2,1-6H3,(H,29,34)(H,30,33)(H,31,35). The summed E-state index contributed by atoms with van der Waals surface area (Å²) in [6.45, 7) is 9.18. The van der Waals surface area contributed by atoms with Crippen molar-refractivity contribution in [2.45, 2.75) is 65.1 Å². The van der Waals surface area contributed by atoms with Crippen LogP contribution in [0.5, 0.6) is 5.75 Å². The predicted octanol–water partition coefficient (Wildman–Crippen LogP) is 3.05. The highest BCUT2D eigenvalue weighted by molar-refractivity contribution is 6.38. The van der Waals surface area contributed by atoms with E-state index in [4.69, 9.17) is 4.74 Å². The Hall–Kier alpha value is -3.68. The lowest BCUT2D eigenvalue weighted by molar-refractivity contribution is -0.141. The smallest absolute Gasteiger partial charge is 0.290 e. The molecule has 194 valence electrons. The SMILES string of the molecule is COc1cccc(C(=O)NC(CC(C)C)C(=O)NC(Cc2ccccc2)C(=O)C(=O)NC(C)(C)C)c1. The Kier molecular flexibility index (Phi) is 10.2. The van der Waals surface area contributed by atoms with Gasteiger partial charge in [-0.15, -0.1) is 0 Å². The summed E-state index contributed by atoms with van der Waals surface area (Å²) in [4.78, 5) is 52.0. The molecule has 2 aromatic carbocycles. The first-order chi connectivity index (χ1) is 16.9. The van der Waals surface area contributed by atoms with Crippen LogP contribution in [0.15, 0.2) is 54.6 Å². The Morgan fingerprint density at radius 3 is 2.14 bits per heavy atom. The van der Waals surface area contributed by atoms with E-state index in [1.54, 1.807) is 45.0 Å². The largest absolute Gasteiger partial charge is 0.497 e. The Morgan fingerprint density at radius 2 is 1.56 bits per heavy atom. The molecule has 0 saturated heterocycles. The van der Waals surface area contributed by atoms with Crippen LogP contribution in [0.1, 0.15) is 57.0 Å². The fourth-order valence-electron chi connectivity index (χ4n) is 3.60. The van der Waals surface area contributed by atoms with E-state index in [-0.39, 0.29) is 12.3 Å². The number of nitrogens with one attached hydrogen (secondary N) is 3. The highest BCUT2D eigenvalue weighted by Crippen LogP contribution is 2.14. The van der Waals surface area contributed by atoms with E-state index in [1.165, 1.54) is 7.11 Å². The lowest BCUT2D eigenvalue weighted by atomic mass is 9.98. The zero-order chi connectivity index (χ0) is 26.9. The van der Waals surface area contributed by atoms with Gasteiger partial charge >= 0.3 is 0 Å². The average Bonchev–Trinajstić information content (AvgIpc) is 2.82. The number of carbonyl (C=O) groups is 4. The van der Waals surface area contributed by atoms with Crippen LogP contribution in [0.2, 0.25) is 0 Å². The second-order valence-electron chi connectivity index (χ2n) is 10.2. The summed E-state index contributed by atoms with van der Waals surface area (Å²) in [6, 6.07) is 13.8. The first-order valence-electron chi connectivity index (χ1n) is 12.0. The number of benzene rings is 2. The fraction of sp³-hybridized carbons (Fsp3) is 0.429. The minimum atomic E-state index is -1.09. The van der Waals surface area contributed by atoms with Crippen molar-refractivity contribution >= 4 is 23.5 Å². The molecule has 0 heterocycles. The van der Waals surface area contributed by atoms with Crippen molar-refractivity contribution in [2.75, 3.05) is 7.11 Å². The minimum absolute atomic E-state index is 0.0822. The van der Waals surface area contributed by atoms with Crippen LogP contribution in [-0.2, 0) is 20.8 Å². The fourth-order valence-corrected chi connectivity index (χ4v) is 3.60. The third-order valence-corrected chi connectivity index (χ3v) is 5.29. The van der Waals surface area contributed by atoms with E-state index in [0.29, 0.717) is 17.7 Å². The van der Waals surface area contributed by atoms with Gasteiger partial charge in [0.2, 0.25) is 11.7 Å². The zero-order valence-corrected chi connectivity index (χ0v) is 21.9. The molecule has 3 amide bonds. The molecular weight excluding hydrogens is 458 g/mol. The summed E-state index contributed by atoms with van der Waals surface area (Å²) >= 11 is 0. The minimum Gasteiger partial charge on any atom is -0.497 e. The van der Waals surface area contributed by atoms with Crippen molar-refractivity contribution in [3.8, 4) is 5.75 Å². The van der Waals surface area contributed by atoms with Crippen LogP contribution in [0.25, 0.3) is 0 Å². The lowest BCUT2D eigenvalue weighted by Crippen LogP contribution is -2.56. The Labute approximate surface area is 213 Å². The molecule has 0 radical (unpaired) electrons. The number of ether oxygens (including phenoxy) is 1. The normalized spacial score (nSPS) is 12.9. The molecule has 36 heavy (non-hydrogen) atoms. The van der Waals surface area contributed by atoms with Crippen molar-refractivity contribution in [3.05, 3.63) is 65.7 Å². The summed E-state index contributed by atoms with van der Waals surface area (Å²) in [6.07, 6.45) is 0.489. The first kappa shape index (κ1) is 28.6. The van der Waals surface area contributed by atoms with E-state index in [1.807, 2.05) is 44.2 Å². The van der Waals surface area contributed by atoms with E-state index >= 15 is 0 Å². The molecular formula is C28H37N3O5. The summed E-state index contributed by atoms with van der Waals surface area (Å²) in [5.74, 6) is -1.89. The van der Waals surface area contributed by atoms with Crippen LogP contribution in [0, 0.1) is 5.92 Å². The van der Waals surface area contributed by atoms with Gasteiger partial charge in [0.05, 0.1) is 7.11 Å². The van der Waals surface area contributed by atoms with Crippen LogP contribution >= 0.6 is 0 Å². The molecule has 0 spiro atoms. The Balaban J connectivity index is 2.26. The van der Waals surface area contributed by atoms with Gasteiger partial charge in [0, 0.05) is 17.5 Å². The molecule has 2 rings (SSSR count). The molecule has 0 saturated carbocycles. The number of rotatable bonds is 11. The number of methoxy groups -OCH3 is 1. The molecule has 0 fully saturated rings. The molecule has 2 atom stereocenters. The highest BCUT2D eigenvalue weighted by Gasteiger charge is 2.32. The summed E-state index contributed by atoms with van der Waals surface area (Å²) in [5.41, 5.74) is 0.525. The maximum atomic E-state index is 13.3. The topological polar surface area (TPSA) is 114 Å². The van der Waals surface area contributed by atoms with Crippen molar-refractivity contribution in [1.82, 2.24) is 16.0 Å². The van der Waals surface area contributed by atoms with Gasteiger partial charge in [-0.3, -0.25) is 19.2 Å². The Bertz CT molecular complexity index is 1060. The summed E-state index contributed by atoms with van der Waals surface area (Å²) < 4.78 is 5.18. The number of hydrogen-bond acceptors (Lipinski definition) is 5.